The lowest BCUT2D eigenvalue weighted by molar-refractivity contribution is -0.0366. The van der Waals surface area contributed by atoms with E-state index in [0.717, 1.165) is 71.8 Å². The number of carbonyl (C=O) groups excluding carboxylic acids is 1. The maximum absolute atomic E-state index is 17.7. The van der Waals surface area contributed by atoms with Crippen LogP contribution in [-0.2, 0) is 9.47 Å². The summed E-state index contributed by atoms with van der Waals surface area (Å²) < 4.78 is 33.5. The van der Waals surface area contributed by atoms with E-state index in [1.807, 2.05) is 56.2 Å². The number of likely N-dealkylation sites (N-methyl/N-ethyl adjacent to an activating group) is 1. The maximum atomic E-state index is 17.7. The number of nitrogens with zero attached hydrogens (tertiary/aromatic N) is 9. The molecule has 8 rings (SSSR count). The number of halogens is 2. The Labute approximate surface area is 332 Å². The predicted octanol–water partition coefficient (Wildman–Crippen LogP) is 8.70. The molecule has 2 aromatic carbocycles. The first kappa shape index (κ1) is 38.4. The van der Waals surface area contributed by atoms with Gasteiger partial charge in [0.05, 0.1) is 58.4 Å². The van der Waals surface area contributed by atoms with Crippen LogP contribution in [0.25, 0.3) is 43.8 Å². The molecule has 3 aliphatic rings. The highest BCUT2D eigenvalue weighted by Crippen LogP contribution is 2.46. The van der Waals surface area contributed by atoms with Crippen LogP contribution in [0.1, 0.15) is 89.6 Å². The molecule has 5 aromatic rings. The molecule has 2 unspecified atom stereocenters. The van der Waals surface area contributed by atoms with Crippen molar-refractivity contribution in [2.45, 2.75) is 110 Å². The lowest BCUT2D eigenvalue weighted by atomic mass is 9.92. The number of hydrogen-bond acceptors (Lipinski definition) is 9. The Morgan fingerprint density at radius 1 is 1.09 bits per heavy atom. The number of aryl methyl sites for hydroxylation is 1. The molecule has 0 aliphatic carbocycles. The van der Waals surface area contributed by atoms with Gasteiger partial charge in [0.15, 0.2) is 12.0 Å². The third-order valence-corrected chi connectivity index (χ3v) is 12.4. The molecular formula is C42H51ClFN9O3. The average Bonchev–Trinajstić information content (AvgIpc) is 3.78. The number of piperidine rings is 1. The van der Waals surface area contributed by atoms with Crippen LogP contribution in [0.4, 0.5) is 15.0 Å². The fraction of sp³-hybridized carbons (Fsp3) is 0.548. The van der Waals surface area contributed by atoms with Crippen molar-refractivity contribution < 1.29 is 18.7 Å². The van der Waals surface area contributed by atoms with Crippen LogP contribution in [0, 0.1) is 31.0 Å². The van der Waals surface area contributed by atoms with Crippen molar-refractivity contribution in [1.82, 2.24) is 34.3 Å². The fourth-order valence-corrected chi connectivity index (χ4v) is 9.06. The van der Waals surface area contributed by atoms with Gasteiger partial charge >= 0.3 is 6.09 Å². The van der Waals surface area contributed by atoms with E-state index in [1.54, 1.807) is 11.1 Å². The third-order valence-electron chi connectivity index (χ3n) is 12.1. The van der Waals surface area contributed by atoms with Gasteiger partial charge in [-0.25, -0.2) is 18.9 Å². The number of benzene rings is 2. The van der Waals surface area contributed by atoms with Gasteiger partial charge in [0.25, 0.3) is 0 Å². The Morgan fingerprint density at radius 3 is 2.54 bits per heavy atom. The molecule has 3 saturated heterocycles. The number of rotatable bonds is 7. The van der Waals surface area contributed by atoms with E-state index in [9.17, 15) is 10.1 Å². The Bertz CT molecular complexity index is 2370. The third kappa shape index (κ3) is 6.63. The number of anilines is 1. The summed E-state index contributed by atoms with van der Waals surface area (Å²) in [6.07, 6.45) is 7.18. The quantitative estimate of drug-likeness (QED) is 0.160. The van der Waals surface area contributed by atoms with Crippen molar-refractivity contribution in [3.63, 3.8) is 0 Å². The van der Waals surface area contributed by atoms with E-state index >= 15 is 4.39 Å². The smallest absolute Gasteiger partial charge is 0.410 e. The van der Waals surface area contributed by atoms with Gasteiger partial charge < -0.3 is 24.2 Å². The molecule has 0 bridgehead atoms. The Hall–Kier alpha value is -4.51. The summed E-state index contributed by atoms with van der Waals surface area (Å²) in [6.45, 7) is 15.2. The molecular weight excluding hydrogens is 733 g/mol. The molecule has 0 N–H and O–H groups in total. The normalized spacial score (nSPS) is 21.0. The van der Waals surface area contributed by atoms with Gasteiger partial charge in [0.2, 0.25) is 0 Å². The minimum Gasteiger partial charge on any atom is -0.444 e. The zero-order valence-corrected chi connectivity index (χ0v) is 34.2. The van der Waals surface area contributed by atoms with E-state index in [2.05, 4.69) is 35.9 Å². The summed E-state index contributed by atoms with van der Waals surface area (Å²) in [6, 6.07) is 6.01. The molecule has 0 saturated carbocycles. The first-order chi connectivity index (χ1) is 26.8. The van der Waals surface area contributed by atoms with Gasteiger partial charge in [-0.2, -0.15) is 15.5 Å². The highest BCUT2D eigenvalue weighted by Gasteiger charge is 2.38. The summed E-state index contributed by atoms with van der Waals surface area (Å²) in [4.78, 5) is 24.6. The van der Waals surface area contributed by atoms with Crippen LogP contribution < -0.4 is 4.90 Å². The second-order valence-corrected chi connectivity index (χ2v) is 17.2. The first-order valence-corrected chi connectivity index (χ1v) is 20.3. The standard InChI is InChI=1S/C42H51ClFN9O3/c1-8-49(7)28-22-50(23-28)40-31-21-46-52(27-13-15-51(26(18-27)12-14-45)41(54)56-42(4,5)6)39(31)29-19-32(43)36(37(44)38(29)48-40)35-25(3)24(2)17-33-30(35)20-47-53(33)34-11-9-10-16-55-34/h17,19-21,26-28,34H,8-13,15-16,18,22-23H2,1-7H3/t26-,27?,34?/m1/s1. The van der Waals surface area contributed by atoms with Crippen molar-refractivity contribution in [1.29, 1.82) is 5.26 Å². The number of aromatic nitrogens is 5. The van der Waals surface area contributed by atoms with Crippen LogP contribution in [-0.4, -0.2) is 98.0 Å². The van der Waals surface area contributed by atoms with Crippen molar-refractivity contribution in [2.75, 3.05) is 44.7 Å². The van der Waals surface area contributed by atoms with E-state index < -0.39 is 17.5 Å². The van der Waals surface area contributed by atoms with Crippen LogP contribution in [0.3, 0.4) is 0 Å². The molecule has 3 atom stereocenters. The van der Waals surface area contributed by atoms with Crippen molar-refractivity contribution >= 4 is 56.2 Å². The topological polar surface area (TPSA) is 118 Å². The summed E-state index contributed by atoms with van der Waals surface area (Å²) in [5.41, 5.74) is 4.09. The highest BCUT2D eigenvalue weighted by atomic mass is 35.5. The fourth-order valence-electron chi connectivity index (χ4n) is 8.77. The van der Waals surface area contributed by atoms with Gasteiger partial charge in [0, 0.05) is 54.2 Å². The number of likely N-dealkylation sites (tertiary alicyclic amines) is 1. The van der Waals surface area contributed by atoms with Crippen molar-refractivity contribution in [2.24, 2.45) is 0 Å². The summed E-state index contributed by atoms with van der Waals surface area (Å²) in [5, 5.41) is 22.0. The number of hydrogen-bond donors (Lipinski definition) is 0. The van der Waals surface area contributed by atoms with Gasteiger partial charge in [0.1, 0.15) is 16.9 Å². The Balaban J connectivity index is 1.28. The molecule has 6 heterocycles. The largest absolute Gasteiger partial charge is 0.444 e. The highest BCUT2D eigenvalue weighted by molar-refractivity contribution is 6.35. The van der Waals surface area contributed by atoms with E-state index in [0.29, 0.717) is 54.4 Å². The molecule has 0 spiro atoms. The zero-order chi connectivity index (χ0) is 39.6. The number of amides is 1. The summed E-state index contributed by atoms with van der Waals surface area (Å²) >= 11 is 7.25. The van der Waals surface area contributed by atoms with Gasteiger partial charge in [-0.1, -0.05) is 18.5 Å². The zero-order valence-electron chi connectivity index (χ0n) is 33.4. The molecule has 56 heavy (non-hydrogen) atoms. The Kier molecular flexibility index (Phi) is 10.1. The molecule has 1 amide bonds. The van der Waals surface area contributed by atoms with Crippen LogP contribution in [0.5, 0.6) is 0 Å². The van der Waals surface area contributed by atoms with Crippen LogP contribution >= 0.6 is 11.6 Å². The molecule has 14 heteroatoms. The van der Waals surface area contributed by atoms with Gasteiger partial charge in [-0.3, -0.25) is 4.68 Å². The molecule has 0 radical (unpaired) electrons. The Morgan fingerprint density at radius 2 is 1.84 bits per heavy atom. The SMILES string of the molecule is CCN(C)C1CN(c2nc3c(F)c(-c4c(C)c(C)cc5c4cnn5C4CCCCO4)c(Cl)cc3c3c2cnn3C2CCN(C(=O)OC(C)(C)C)[C@H](CC#N)C2)C1. The average molecular weight is 784 g/mol. The molecule has 12 nitrogen and oxygen atoms in total. The predicted molar refractivity (Wildman–Crippen MR) is 217 cm³/mol. The van der Waals surface area contributed by atoms with E-state index in [-0.39, 0.29) is 35.3 Å². The monoisotopic (exact) mass is 783 g/mol. The number of ether oxygens (including phenoxy) is 2. The first-order valence-electron chi connectivity index (χ1n) is 19.9. The molecule has 3 aromatic heterocycles. The van der Waals surface area contributed by atoms with Gasteiger partial charge in [-0.15, -0.1) is 0 Å². The minimum absolute atomic E-state index is 0.153. The van der Waals surface area contributed by atoms with Crippen molar-refractivity contribution in [3.05, 3.63) is 46.5 Å². The van der Waals surface area contributed by atoms with E-state index in [1.165, 1.54) is 0 Å². The second-order valence-electron chi connectivity index (χ2n) is 16.8. The maximum Gasteiger partial charge on any atom is 0.410 e. The number of carbonyl (C=O) groups is 1. The van der Waals surface area contributed by atoms with E-state index in [4.69, 9.17) is 36.3 Å². The van der Waals surface area contributed by atoms with Crippen LogP contribution in [0.2, 0.25) is 5.02 Å². The number of nitriles is 1. The lowest BCUT2D eigenvalue weighted by Gasteiger charge is -2.44. The number of pyridine rings is 1. The van der Waals surface area contributed by atoms with Crippen molar-refractivity contribution in [3.8, 4) is 17.2 Å². The molecule has 3 aliphatic heterocycles. The molecule has 296 valence electrons. The number of fused-ring (bicyclic) bond motifs is 4. The minimum atomic E-state index is -0.664. The summed E-state index contributed by atoms with van der Waals surface area (Å²) in [7, 11) is 2.12. The molecule has 3 fully saturated rings. The second kappa shape index (κ2) is 14.8. The van der Waals surface area contributed by atoms with Gasteiger partial charge in [-0.05, 0) is 104 Å². The van der Waals surface area contributed by atoms with Crippen LogP contribution in [0.15, 0.2) is 24.5 Å². The summed E-state index contributed by atoms with van der Waals surface area (Å²) in [5.74, 6) is 0.185. The lowest BCUT2D eigenvalue weighted by Crippen LogP contribution is -2.58.